The zero-order chi connectivity index (χ0) is 11.8. The molecule has 0 aliphatic heterocycles. The first-order valence-electron chi connectivity index (χ1n) is 5.44. The van der Waals surface area contributed by atoms with E-state index in [9.17, 15) is 13.2 Å². The van der Waals surface area contributed by atoms with Crippen LogP contribution in [0.5, 0.6) is 0 Å². The van der Waals surface area contributed by atoms with Crippen molar-refractivity contribution in [2.24, 2.45) is 5.41 Å². The molecule has 0 aromatic carbocycles. The van der Waals surface area contributed by atoms with E-state index in [0.717, 1.165) is 19.3 Å². The van der Waals surface area contributed by atoms with Crippen molar-refractivity contribution in [3.63, 3.8) is 0 Å². The van der Waals surface area contributed by atoms with Crippen LogP contribution in [0.3, 0.4) is 0 Å². The first-order chi connectivity index (χ1) is 7.44. The average Bonchev–Trinajstić information content (AvgIpc) is 2.84. The van der Waals surface area contributed by atoms with E-state index in [-0.39, 0.29) is 12.6 Å². The maximum absolute atomic E-state index is 11.5. The van der Waals surface area contributed by atoms with Crippen LogP contribution in [0.1, 0.15) is 32.1 Å². The number of carbonyl (C=O) groups is 1. The maximum atomic E-state index is 11.5. The number of carboxylic acid groups (broad SMARTS) is 1. The molecule has 2 aliphatic carbocycles. The van der Waals surface area contributed by atoms with Crippen LogP contribution in [0.2, 0.25) is 0 Å². The third-order valence-corrected chi connectivity index (χ3v) is 4.43. The molecule has 7 heteroatoms. The Morgan fingerprint density at radius 1 is 1.38 bits per heavy atom. The minimum absolute atomic E-state index is 0.00954. The Hall–Kier alpha value is -0.660. The summed E-state index contributed by atoms with van der Waals surface area (Å²) in [5.74, 6) is -0.909. The quantitative estimate of drug-likeness (QED) is 0.608. The van der Waals surface area contributed by atoms with Gasteiger partial charge in [0.15, 0.2) is 0 Å². The van der Waals surface area contributed by atoms with Gasteiger partial charge in [-0.25, -0.2) is 4.72 Å². The van der Waals surface area contributed by atoms with Gasteiger partial charge in [0.2, 0.25) is 0 Å². The molecular formula is C9H16N2O4S. The van der Waals surface area contributed by atoms with E-state index in [1.54, 1.807) is 0 Å². The van der Waals surface area contributed by atoms with Gasteiger partial charge in [0.25, 0.3) is 10.2 Å². The standard InChI is InChI=1S/C9H16N2O4S/c12-8(13)9(4-1-5-9)6-10-16(14,15)11-7-2-3-7/h7,10-11H,1-6H2,(H,12,13). The lowest BCUT2D eigenvalue weighted by Crippen LogP contribution is -2.50. The van der Waals surface area contributed by atoms with Gasteiger partial charge in [-0.1, -0.05) is 6.42 Å². The minimum atomic E-state index is -3.52. The average molecular weight is 248 g/mol. The molecule has 0 amide bonds. The third kappa shape index (κ3) is 2.53. The summed E-state index contributed by atoms with van der Waals surface area (Å²) in [7, 11) is -3.52. The third-order valence-electron chi connectivity index (χ3n) is 3.26. The monoisotopic (exact) mass is 248 g/mol. The van der Waals surface area contributed by atoms with Crippen LogP contribution in [-0.4, -0.2) is 32.1 Å². The van der Waals surface area contributed by atoms with Crippen LogP contribution in [-0.2, 0) is 15.0 Å². The van der Waals surface area contributed by atoms with Crippen LogP contribution in [0.15, 0.2) is 0 Å². The highest BCUT2D eigenvalue weighted by molar-refractivity contribution is 7.87. The molecular weight excluding hydrogens is 232 g/mol. The predicted octanol–water partition coefficient (Wildman–Crippen LogP) is -0.172. The highest BCUT2D eigenvalue weighted by atomic mass is 32.2. The van der Waals surface area contributed by atoms with Crippen molar-refractivity contribution in [2.45, 2.75) is 38.1 Å². The van der Waals surface area contributed by atoms with Crippen molar-refractivity contribution >= 4 is 16.2 Å². The van der Waals surface area contributed by atoms with Gasteiger partial charge in [-0.05, 0) is 25.7 Å². The van der Waals surface area contributed by atoms with Gasteiger partial charge in [0.1, 0.15) is 0 Å². The zero-order valence-corrected chi connectivity index (χ0v) is 9.72. The van der Waals surface area contributed by atoms with E-state index < -0.39 is 21.6 Å². The molecule has 2 rings (SSSR count). The number of carboxylic acids is 1. The van der Waals surface area contributed by atoms with E-state index in [2.05, 4.69) is 9.44 Å². The van der Waals surface area contributed by atoms with Crippen LogP contribution in [0.25, 0.3) is 0 Å². The fourth-order valence-corrected chi connectivity index (χ4v) is 2.99. The van der Waals surface area contributed by atoms with E-state index in [4.69, 9.17) is 5.11 Å². The molecule has 0 saturated heterocycles. The van der Waals surface area contributed by atoms with Crippen molar-refractivity contribution in [1.82, 2.24) is 9.44 Å². The van der Waals surface area contributed by atoms with Gasteiger partial charge in [0, 0.05) is 12.6 Å². The summed E-state index contributed by atoms with van der Waals surface area (Å²) in [6.07, 6.45) is 3.68. The Kier molecular flexibility index (Phi) is 2.93. The summed E-state index contributed by atoms with van der Waals surface area (Å²) in [5.41, 5.74) is -0.877. The lowest BCUT2D eigenvalue weighted by Gasteiger charge is -2.37. The molecule has 0 heterocycles. The second-order valence-corrected chi connectivity index (χ2v) is 6.19. The van der Waals surface area contributed by atoms with Gasteiger partial charge in [-0.3, -0.25) is 4.79 Å². The number of hydrogen-bond acceptors (Lipinski definition) is 3. The highest BCUT2D eigenvalue weighted by Gasteiger charge is 2.45. The van der Waals surface area contributed by atoms with Gasteiger partial charge >= 0.3 is 5.97 Å². The Morgan fingerprint density at radius 3 is 2.38 bits per heavy atom. The Bertz CT molecular complexity index is 384. The molecule has 0 aromatic heterocycles. The van der Waals surface area contributed by atoms with Crippen molar-refractivity contribution in [2.75, 3.05) is 6.54 Å². The van der Waals surface area contributed by atoms with Crippen molar-refractivity contribution < 1.29 is 18.3 Å². The molecule has 0 aromatic rings. The summed E-state index contributed by atoms with van der Waals surface area (Å²) in [6.45, 7) is -0.00954. The Morgan fingerprint density at radius 2 is 2.00 bits per heavy atom. The Balaban J connectivity index is 1.87. The first kappa shape index (κ1) is 11.8. The number of aliphatic carboxylic acids is 1. The summed E-state index contributed by atoms with van der Waals surface area (Å²) < 4.78 is 27.7. The summed E-state index contributed by atoms with van der Waals surface area (Å²) in [4.78, 5) is 11.0. The lowest BCUT2D eigenvalue weighted by molar-refractivity contribution is -0.153. The summed E-state index contributed by atoms with van der Waals surface area (Å²) >= 11 is 0. The number of nitrogens with one attached hydrogen (secondary N) is 2. The first-order valence-corrected chi connectivity index (χ1v) is 6.92. The second-order valence-electron chi connectivity index (χ2n) is 4.66. The van der Waals surface area contributed by atoms with Crippen LogP contribution in [0, 0.1) is 5.41 Å². The molecule has 0 unspecified atom stereocenters. The second kappa shape index (κ2) is 3.97. The predicted molar refractivity (Wildman–Crippen MR) is 57.0 cm³/mol. The summed E-state index contributed by atoms with van der Waals surface area (Å²) in [6, 6.07) is 0.0414. The molecule has 2 aliphatic rings. The molecule has 2 fully saturated rings. The van der Waals surface area contributed by atoms with E-state index in [0.29, 0.717) is 12.8 Å². The molecule has 0 radical (unpaired) electrons. The smallest absolute Gasteiger partial charge is 0.310 e. The molecule has 0 bridgehead atoms. The molecule has 0 spiro atoms. The van der Waals surface area contributed by atoms with Gasteiger partial charge in [0.05, 0.1) is 5.41 Å². The van der Waals surface area contributed by atoms with Crippen LogP contribution in [0.4, 0.5) is 0 Å². The minimum Gasteiger partial charge on any atom is -0.481 e. The Labute approximate surface area is 94.6 Å². The zero-order valence-electron chi connectivity index (χ0n) is 8.90. The van der Waals surface area contributed by atoms with Gasteiger partial charge in [-0.2, -0.15) is 13.1 Å². The van der Waals surface area contributed by atoms with Gasteiger partial charge in [-0.15, -0.1) is 0 Å². The molecule has 3 N–H and O–H groups in total. The van der Waals surface area contributed by atoms with Crippen LogP contribution < -0.4 is 9.44 Å². The van der Waals surface area contributed by atoms with Gasteiger partial charge < -0.3 is 5.11 Å². The SMILES string of the molecule is O=C(O)C1(CNS(=O)(=O)NC2CC2)CCC1. The normalized spacial score (nSPS) is 23.8. The van der Waals surface area contributed by atoms with E-state index >= 15 is 0 Å². The number of hydrogen-bond donors (Lipinski definition) is 3. The maximum Gasteiger partial charge on any atom is 0.310 e. The van der Waals surface area contributed by atoms with Crippen LogP contribution >= 0.6 is 0 Å². The fraction of sp³-hybridized carbons (Fsp3) is 0.889. The molecule has 6 nitrogen and oxygen atoms in total. The molecule has 16 heavy (non-hydrogen) atoms. The van der Waals surface area contributed by atoms with Crippen molar-refractivity contribution in [1.29, 1.82) is 0 Å². The molecule has 0 atom stereocenters. The van der Waals surface area contributed by atoms with E-state index in [1.165, 1.54) is 0 Å². The highest BCUT2D eigenvalue weighted by Crippen LogP contribution is 2.40. The summed E-state index contributed by atoms with van der Waals surface area (Å²) in [5, 5.41) is 9.02. The fourth-order valence-electron chi connectivity index (χ4n) is 1.77. The van der Waals surface area contributed by atoms with Crippen molar-refractivity contribution in [3.05, 3.63) is 0 Å². The van der Waals surface area contributed by atoms with E-state index in [1.807, 2.05) is 0 Å². The largest absolute Gasteiger partial charge is 0.481 e. The number of rotatable bonds is 6. The topological polar surface area (TPSA) is 95.5 Å². The molecule has 92 valence electrons. The van der Waals surface area contributed by atoms with Crippen molar-refractivity contribution in [3.8, 4) is 0 Å². The lowest BCUT2D eigenvalue weighted by atomic mass is 9.69. The molecule has 2 saturated carbocycles.